The molecule has 100 valence electrons. The number of hydrogen-bond acceptors (Lipinski definition) is 4. The van der Waals surface area contributed by atoms with Crippen LogP contribution in [0, 0.1) is 5.92 Å². The van der Waals surface area contributed by atoms with Crippen molar-refractivity contribution in [1.82, 2.24) is 10.3 Å². The van der Waals surface area contributed by atoms with Crippen LogP contribution >= 0.6 is 0 Å². The Hall–Kier alpha value is -0.160. The maximum absolute atomic E-state index is 5.89. The number of hydrogen-bond donors (Lipinski definition) is 2. The van der Waals surface area contributed by atoms with Crippen LogP contribution in [0.5, 0.6) is 0 Å². The van der Waals surface area contributed by atoms with E-state index >= 15 is 0 Å². The molecule has 2 atom stereocenters. The van der Waals surface area contributed by atoms with Crippen molar-refractivity contribution in [3.05, 3.63) is 0 Å². The second kappa shape index (κ2) is 6.69. The normalized spacial score (nSPS) is 29.6. The van der Waals surface area contributed by atoms with Crippen LogP contribution in [0.25, 0.3) is 0 Å². The molecule has 4 heteroatoms. The zero-order valence-electron chi connectivity index (χ0n) is 11.0. The van der Waals surface area contributed by atoms with Gasteiger partial charge in [0.2, 0.25) is 0 Å². The third-order valence-corrected chi connectivity index (χ3v) is 4.35. The Labute approximate surface area is 105 Å². The molecule has 0 aromatic rings. The monoisotopic (exact) mass is 241 g/mol. The smallest absolute Gasteiger partial charge is 0.0868 e. The van der Waals surface area contributed by atoms with Crippen molar-refractivity contribution in [2.75, 3.05) is 26.2 Å². The summed E-state index contributed by atoms with van der Waals surface area (Å²) >= 11 is 0. The lowest BCUT2D eigenvalue weighted by molar-refractivity contribution is -0.0485. The fourth-order valence-electron chi connectivity index (χ4n) is 3.19. The minimum absolute atomic E-state index is 0.272. The highest BCUT2D eigenvalue weighted by molar-refractivity contribution is 4.84. The van der Waals surface area contributed by atoms with Crippen molar-refractivity contribution in [2.45, 2.75) is 51.2 Å². The van der Waals surface area contributed by atoms with Gasteiger partial charge in [-0.2, -0.15) is 0 Å². The van der Waals surface area contributed by atoms with Crippen molar-refractivity contribution in [3.8, 4) is 0 Å². The van der Waals surface area contributed by atoms with Crippen LogP contribution in [-0.2, 0) is 4.74 Å². The van der Waals surface area contributed by atoms with Crippen molar-refractivity contribution < 1.29 is 4.74 Å². The van der Waals surface area contributed by atoms with E-state index in [1.54, 1.807) is 0 Å². The first kappa shape index (κ1) is 13.3. The maximum atomic E-state index is 5.89. The summed E-state index contributed by atoms with van der Waals surface area (Å²) in [5, 5.41) is 0. The summed E-state index contributed by atoms with van der Waals surface area (Å²) in [7, 11) is 0. The highest BCUT2D eigenvalue weighted by atomic mass is 16.5. The fraction of sp³-hybridized carbons (Fsp3) is 1.00. The summed E-state index contributed by atoms with van der Waals surface area (Å²) in [4.78, 5) is 2.45. The summed E-state index contributed by atoms with van der Waals surface area (Å²) in [6, 6.07) is 0.326. The lowest BCUT2D eigenvalue weighted by Gasteiger charge is -2.37. The molecule has 2 fully saturated rings. The maximum Gasteiger partial charge on any atom is 0.0868 e. The molecule has 2 aliphatic rings. The third kappa shape index (κ3) is 3.65. The van der Waals surface area contributed by atoms with Gasteiger partial charge in [0, 0.05) is 19.1 Å². The molecule has 1 aliphatic heterocycles. The average Bonchev–Trinajstić information content (AvgIpc) is 2.89. The van der Waals surface area contributed by atoms with E-state index in [0.717, 1.165) is 32.2 Å². The van der Waals surface area contributed by atoms with Gasteiger partial charge in [0.15, 0.2) is 0 Å². The molecule has 4 nitrogen and oxygen atoms in total. The first-order valence-electron chi connectivity index (χ1n) is 7.13. The summed E-state index contributed by atoms with van der Waals surface area (Å²) < 4.78 is 5.89. The van der Waals surface area contributed by atoms with Gasteiger partial charge in [0.05, 0.1) is 12.7 Å². The van der Waals surface area contributed by atoms with Crippen LogP contribution < -0.4 is 11.3 Å². The van der Waals surface area contributed by atoms with Gasteiger partial charge in [-0.25, -0.2) is 0 Å². The van der Waals surface area contributed by atoms with Gasteiger partial charge in [-0.15, -0.1) is 0 Å². The summed E-state index contributed by atoms with van der Waals surface area (Å²) in [6.45, 7) is 6.26. The Morgan fingerprint density at radius 3 is 2.82 bits per heavy atom. The van der Waals surface area contributed by atoms with Gasteiger partial charge in [-0.05, 0) is 18.9 Å². The molecule has 2 rings (SSSR count). The van der Waals surface area contributed by atoms with E-state index in [1.807, 2.05) is 0 Å². The van der Waals surface area contributed by atoms with E-state index in [0.29, 0.717) is 6.04 Å². The predicted molar refractivity (Wildman–Crippen MR) is 69.5 cm³/mol. The average molecular weight is 241 g/mol. The molecule has 1 saturated carbocycles. The minimum atomic E-state index is 0.272. The largest absolute Gasteiger partial charge is 0.374 e. The quantitative estimate of drug-likeness (QED) is 0.559. The Morgan fingerprint density at radius 1 is 1.41 bits per heavy atom. The lowest BCUT2D eigenvalue weighted by Crippen LogP contribution is -2.54. The van der Waals surface area contributed by atoms with E-state index < -0.39 is 0 Å². The second-order valence-electron chi connectivity index (χ2n) is 5.46. The summed E-state index contributed by atoms with van der Waals surface area (Å²) in [6.07, 6.45) is 7.00. The molecule has 1 saturated heterocycles. The van der Waals surface area contributed by atoms with Gasteiger partial charge < -0.3 is 4.74 Å². The zero-order chi connectivity index (χ0) is 12.1. The van der Waals surface area contributed by atoms with Crippen LogP contribution in [0.4, 0.5) is 0 Å². The van der Waals surface area contributed by atoms with Crippen LogP contribution in [0.3, 0.4) is 0 Å². The predicted octanol–water partition coefficient (Wildman–Crippen LogP) is 1.12. The number of hydrazine groups is 1. The number of nitrogens with one attached hydrogen (secondary N) is 1. The molecule has 0 aromatic carbocycles. The van der Waals surface area contributed by atoms with Crippen LogP contribution in [0.2, 0.25) is 0 Å². The molecule has 0 bridgehead atoms. The number of likely N-dealkylation sites (N-methyl/N-ethyl adjacent to an activating group) is 1. The standard InChI is InChI=1S/C13H27N3O/c1-2-16-7-8-17-13(10-16)12(15-14)9-11-5-3-4-6-11/h11-13,15H,2-10,14H2,1H3. The summed E-state index contributed by atoms with van der Waals surface area (Å²) in [5.74, 6) is 6.58. The van der Waals surface area contributed by atoms with Gasteiger partial charge in [0.25, 0.3) is 0 Å². The molecule has 3 N–H and O–H groups in total. The SMILES string of the molecule is CCN1CCOC(C(CC2CCCC2)NN)C1. The molecule has 1 aliphatic carbocycles. The molecule has 0 spiro atoms. The number of nitrogens with two attached hydrogens (primary N) is 1. The molecular formula is C13H27N3O. The van der Waals surface area contributed by atoms with E-state index in [2.05, 4.69) is 17.2 Å². The van der Waals surface area contributed by atoms with Gasteiger partial charge in [-0.3, -0.25) is 16.2 Å². The van der Waals surface area contributed by atoms with E-state index in [9.17, 15) is 0 Å². The van der Waals surface area contributed by atoms with Crippen molar-refractivity contribution in [2.24, 2.45) is 11.8 Å². The summed E-state index contributed by atoms with van der Waals surface area (Å²) in [5.41, 5.74) is 2.99. The van der Waals surface area contributed by atoms with E-state index in [1.165, 1.54) is 32.1 Å². The van der Waals surface area contributed by atoms with Crippen LogP contribution in [0.15, 0.2) is 0 Å². The van der Waals surface area contributed by atoms with Crippen LogP contribution in [-0.4, -0.2) is 43.3 Å². The second-order valence-corrected chi connectivity index (χ2v) is 5.46. The molecular weight excluding hydrogens is 214 g/mol. The highest BCUT2D eigenvalue weighted by Gasteiger charge is 2.29. The Morgan fingerprint density at radius 2 is 2.18 bits per heavy atom. The fourth-order valence-corrected chi connectivity index (χ4v) is 3.19. The zero-order valence-corrected chi connectivity index (χ0v) is 11.0. The number of nitrogens with zero attached hydrogens (tertiary/aromatic N) is 1. The topological polar surface area (TPSA) is 50.5 Å². The first-order valence-corrected chi connectivity index (χ1v) is 7.13. The van der Waals surface area contributed by atoms with Gasteiger partial charge >= 0.3 is 0 Å². The van der Waals surface area contributed by atoms with E-state index in [4.69, 9.17) is 10.6 Å². The Bertz CT molecular complexity index is 219. The van der Waals surface area contributed by atoms with Crippen molar-refractivity contribution >= 4 is 0 Å². The third-order valence-electron chi connectivity index (χ3n) is 4.35. The molecule has 0 radical (unpaired) electrons. The molecule has 0 aromatic heterocycles. The lowest BCUT2D eigenvalue weighted by atomic mass is 9.94. The Balaban J connectivity index is 1.83. The van der Waals surface area contributed by atoms with Crippen LogP contribution in [0.1, 0.15) is 39.0 Å². The van der Waals surface area contributed by atoms with Crippen molar-refractivity contribution in [3.63, 3.8) is 0 Å². The minimum Gasteiger partial charge on any atom is -0.374 e. The highest BCUT2D eigenvalue weighted by Crippen LogP contribution is 2.29. The first-order chi connectivity index (χ1) is 8.33. The number of morpholine rings is 1. The molecule has 1 heterocycles. The van der Waals surface area contributed by atoms with Gasteiger partial charge in [0.1, 0.15) is 0 Å². The number of rotatable bonds is 5. The molecule has 17 heavy (non-hydrogen) atoms. The van der Waals surface area contributed by atoms with E-state index in [-0.39, 0.29) is 6.10 Å². The van der Waals surface area contributed by atoms with Crippen molar-refractivity contribution in [1.29, 1.82) is 0 Å². The number of ether oxygens (including phenoxy) is 1. The Kier molecular flexibility index (Phi) is 5.22. The molecule has 2 unspecified atom stereocenters. The van der Waals surface area contributed by atoms with Gasteiger partial charge in [-0.1, -0.05) is 32.6 Å². The molecule has 0 amide bonds.